The summed E-state index contributed by atoms with van der Waals surface area (Å²) in [7, 11) is 0. The van der Waals surface area contributed by atoms with Crippen LogP contribution in [0.1, 0.15) is 39.5 Å². The van der Waals surface area contributed by atoms with Crippen molar-refractivity contribution in [3.8, 4) is 0 Å². The lowest BCUT2D eigenvalue weighted by Crippen LogP contribution is -2.64. The van der Waals surface area contributed by atoms with Crippen molar-refractivity contribution in [2.24, 2.45) is 0 Å². The molecule has 5 heteroatoms. The number of nitrogens with one attached hydrogen (secondary N) is 1. The van der Waals surface area contributed by atoms with Gasteiger partial charge in [-0.15, -0.1) is 0 Å². The second-order valence-electron chi connectivity index (χ2n) is 5.58. The van der Waals surface area contributed by atoms with Gasteiger partial charge in [0, 0.05) is 13.1 Å². The fourth-order valence-electron chi connectivity index (χ4n) is 2.66. The van der Waals surface area contributed by atoms with E-state index >= 15 is 0 Å². The minimum absolute atomic E-state index is 0.0817. The molecule has 1 N–H and O–H groups in total. The van der Waals surface area contributed by atoms with E-state index < -0.39 is 5.54 Å². The second kappa shape index (κ2) is 5.26. The molecule has 0 aromatic carbocycles. The molecule has 5 nitrogen and oxygen atoms in total. The zero-order valence-electron chi connectivity index (χ0n) is 11.2. The molecule has 18 heavy (non-hydrogen) atoms. The molecule has 2 aliphatic rings. The fourth-order valence-corrected chi connectivity index (χ4v) is 2.66. The standard InChI is InChI=1S/C13H22N2O3/c1-13(2)12(17)14-7-8-15(13)11(16)9-18-10-5-3-4-6-10/h10H,3-9H2,1-2H3,(H,14,17). The first-order chi connectivity index (χ1) is 8.51. The van der Waals surface area contributed by atoms with Gasteiger partial charge in [-0.3, -0.25) is 9.59 Å². The number of piperazine rings is 1. The zero-order chi connectivity index (χ0) is 13.2. The number of rotatable bonds is 3. The first kappa shape index (κ1) is 13.3. The molecule has 0 unspecified atom stereocenters. The summed E-state index contributed by atoms with van der Waals surface area (Å²) in [5.41, 5.74) is -0.769. The maximum absolute atomic E-state index is 12.1. The van der Waals surface area contributed by atoms with Crippen molar-refractivity contribution in [1.29, 1.82) is 0 Å². The van der Waals surface area contributed by atoms with Gasteiger partial charge in [0.25, 0.3) is 0 Å². The molecule has 2 fully saturated rings. The van der Waals surface area contributed by atoms with E-state index in [0.717, 1.165) is 12.8 Å². The number of hydrogen-bond acceptors (Lipinski definition) is 3. The van der Waals surface area contributed by atoms with Crippen LogP contribution < -0.4 is 5.32 Å². The summed E-state index contributed by atoms with van der Waals surface area (Å²) >= 11 is 0. The van der Waals surface area contributed by atoms with Crippen LogP contribution in [0.15, 0.2) is 0 Å². The normalized spacial score (nSPS) is 24.1. The van der Waals surface area contributed by atoms with Crippen molar-refractivity contribution in [1.82, 2.24) is 10.2 Å². The molecule has 2 rings (SSSR count). The lowest BCUT2D eigenvalue weighted by molar-refractivity contribution is -0.153. The van der Waals surface area contributed by atoms with Gasteiger partial charge in [-0.2, -0.15) is 0 Å². The molecule has 1 heterocycles. The highest BCUT2D eigenvalue weighted by molar-refractivity contribution is 5.92. The molecule has 0 bridgehead atoms. The van der Waals surface area contributed by atoms with Crippen LogP contribution in [0.4, 0.5) is 0 Å². The molecule has 2 amide bonds. The molecular formula is C13H22N2O3. The summed E-state index contributed by atoms with van der Waals surface area (Å²) in [6.45, 7) is 4.73. The van der Waals surface area contributed by atoms with E-state index in [1.165, 1.54) is 12.8 Å². The minimum Gasteiger partial charge on any atom is -0.368 e. The zero-order valence-corrected chi connectivity index (χ0v) is 11.2. The van der Waals surface area contributed by atoms with Crippen LogP contribution in [0.5, 0.6) is 0 Å². The van der Waals surface area contributed by atoms with Gasteiger partial charge in [0.1, 0.15) is 12.1 Å². The van der Waals surface area contributed by atoms with Crippen LogP contribution in [0, 0.1) is 0 Å². The molecule has 102 valence electrons. The maximum atomic E-state index is 12.1. The SMILES string of the molecule is CC1(C)C(=O)NCCN1C(=O)COC1CCCC1. The van der Waals surface area contributed by atoms with Crippen molar-refractivity contribution >= 4 is 11.8 Å². The highest BCUT2D eigenvalue weighted by Crippen LogP contribution is 2.22. The van der Waals surface area contributed by atoms with Gasteiger partial charge in [0.05, 0.1) is 6.10 Å². The molecule has 1 saturated heterocycles. The topological polar surface area (TPSA) is 58.6 Å². The summed E-state index contributed by atoms with van der Waals surface area (Å²) < 4.78 is 5.62. The third-order valence-corrected chi connectivity index (χ3v) is 3.90. The van der Waals surface area contributed by atoms with Crippen LogP contribution in [0.3, 0.4) is 0 Å². The van der Waals surface area contributed by atoms with E-state index in [-0.39, 0.29) is 24.5 Å². The Morgan fingerprint density at radius 3 is 2.78 bits per heavy atom. The Hall–Kier alpha value is -1.10. The maximum Gasteiger partial charge on any atom is 0.249 e. The lowest BCUT2D eigenvalue weighted by atomic mass is 9.99. The lowest BCUT2D eigenvalue weighted by Gasteiger charge is -2.41. The van der Waals surface area contributed by atoms with E-state index in [0.29, 0.717) is 13.1 Å². The van der Waals surface area contributed by atoms with Crippen molar-refractivity contribution in [2.75, 3.05) is 19.7 Å². The van der Waals surface area contributed by atoms with E-state index in [2.05, 4.69) is 5.32 Å². The van der Waals surface area contributed by atoms with E-state index in [1.54, 1.807) is 18.7 Å². The molecule has 0 spiro atoms. The van der Waals surface area contributed by atoms with E-state index in [9.17, 15) is 9.59 Å². The van der Waals surface area contributed by atoms with E-state index in [1.807, 2.05) is 0 Å². The number of nitrogens with zero attached hydrogens (tertiary/aromatic N) is 1. The summed E-state index contributed by atoms with van der Waals surface area (Å²) in [6, 6.07) is 0. The van der Waals surface area contributed by atoms with Gasteiger partial charge in [-0.05, 0) is 26.7 Å². The summed E-state index contributed by atoms with van der Waals surface area (Å²) in [4.78, 5) is 25.5. The smallest absolute Gasteiger partial charge is 0.249 e. The third kappa shape index (κ3) is 2.66. The van der Waals surface area contributed by atoms with Crippen molar-refractivity contribution < 1.29 is 14.3 Å². The van der Waals surface area contributed by atoms with Gasteiger partial charge in [0.2, 0.25) is 11.8 Å². The van der Waals surface area contributed by atoms with Crippen LogP contribution >= 0.6 is 0 Å². The first-order valence-corrected chi connectivity index (χ1v) is 6.72. The van der Waals surface area contributed by atoms with Crippen LogP contribution in [0.25, 0.3) is 0 Å². The van der Waals surface area contributed by atoms with Crippen LogP contribution in [0.2, 0.25) is 0 Å². The number of amides is 2. The first-order valence-electron chi connectivity index (χ1n) is 6.72. The Morgan fingerprint density at radius 2 is 2.11 bits per heavy atom. The van der Waals surface area contributed by atoms with Crippen LogP contribution in [-0.4, -0.2) is 48.1 Å². The van der Waals surface area contributed by atoms with Gasteiger partial charge in [-0.25, -0.2) is 0 Å². The Bertz CT molecular complexity index is 335. The minimum atomic E-state index is -0.769. The Kier molecular flexibility index (Phi) is 3.90. The molecule has 1 aliphatic heterocycles. The summed E-state index contributed by atoms with van der Waals surface area (Å²) in [5.74, 6) is -0.176. The fraction of sp³-hybridized carbons (Fsp3) is 0.846. The average Bonchev–Trinajstić information content (AvgIpc) is 2.82. The average molecular weight is 254 g/mol. The monoisotopic (exact) mass is 254 g/mol. The largest absolute Gasteiger partial charge is 0.368 e. The number of carbonyl (C=O) groups excluding carboxylic acids is 2. The van der Waals surface area contributed by atoms with Gasteiger partial charge >= 0.3 is 0 Å². The highest BCUT2D eigenvalue weighted by Gasteiger charge is 2.40. The number of carbonyl (C=O) groups is 2. The van der Waals surface area contributed by atoms with Crippen molar-refractivity contribution in [3.63, 3.8) is 0 Å². The van der Waals surface area contributed by atoms with Crippen molar-refractivity contribution in [3.05, 3.63) is 0 Å². The van der Waals surface area contributed by atoms with Gasteiger partial charge in [0.15, 0.2) is 0 Å². The molecular weight excluding hydrogens is 232 g/mol. The third-order valence-electron chi connectivity index (χ3n) is 3.90. The number of ether oxygens (including phenoxy) is 1. The van der Waals surface area contributed by atoms with Gasteiger partial charge in [-0.1, -0.05) is 12.8 Å². The molecule has 1 saturated carbocycles. The molecule has 0 aromatic rings. The van der Waals surface area contributed by atoms with Crippen LogP contribution in [-0.2, 0) is 14.3 Å². The quantitative estimate of drug-likeness (QED) is 0.806. The summed E-state index contributed by atoms with van der Waals surface area (Å²) in [6.07, 6.45) is 4.72. The Morgan fingerprint density at radius 1 is 1.44 bits per heavy atom. The highest BCUT2D eigenvalue weighted by atomic mass is 16.5. The Labute approximate surface area is 108 Å². The molecule has 0 aromatic heterocycles. The van der Waals surface area contributed by atoms with Crippen molar-refractivity contribution in [2.45, 2.75) is 51.2 Å². The Balaban J connectivity index is 1.89. The van der Waals surface area contributed by atoms with Gasteiger partial charge < -0.3 is 15.0 Å². The van der Waals surface area contributed by atoms with E-state index in [4.69, 9.17) is 4.74 Å². The predicted octanol–water partition coefficient (Wildman–Crippen LogP) is 0.683. The predicted molar refractivity (Wildman–Crippen MR) is 67.0 cm³/mol. The molecule has 0 atom stereocenters. The molecule has 1 aliphatic carbocycles. The summed E-state index contributed by atoms with van der Waals surface area (Å²) in [5, 5.41) is 2.78. The second-order valence-corrected chi connectivity index (χ2v) is 5.58. The number of hydrogen-bond donors (Lipinski definition) is 1. The molecule has 0 radical (unpaired) electrons.